The van der Waals surface area contributed by atoms with Gasteiger partial charge < -0.3 is 0 Å². The maximum atomic E-state index is 4.59. The van der Waals surface area contributed by atoms with Crippen LogP contribution in [0.1, 0.15) is 30.0 Å². The van der Waals surface area contributed by atoms with Crippen LogP contribution in [0.25, 0.3) is 4.83 Å². The molecule has 0 radical (unpaired) electrons. The van der Waals surface area contributed by atoms with Crippen molar-refractivity contribution in [3.8, 4) is 0 Å². The molecule has 0 aromatic carbocycles. The minimum absolute atomic E-state index is 0.125. The molecule has 0 N–H and O–H groups in total. The van der Waals surface area contributed by atoms with Crippen molar-refractivity contribution in [1.82, 2.24) is 14.4 Å². The van der Waals surface area contributed by atoms with Gasteiger partial charge in [-0.2, -0.15) is 0 Å². The number of fused-ring (bicyclic) bond motifs is 1. The quantitative estimate of drug-likeness (QED) is 0.704. The van der Waals surface area contributed by atoms with Crippen LogP contribution >= 0.6 is 11.3 Å². The summed E-state index contributed by atoms with van der Waals surface area (Å²) in [5.74, 6) is 0. The number of rotatable bonds is 2. The highest BCUT2D eigenvalue weighted by Gasteiger charge is 2.28. The smallest absolute Gasteiger partial charge is 0.123 e. The molecule has 4 heteroatoms. The van der Waals surface area contributed by atoms with Crippen LogP contribution in [-0.4, -0.2) is 14.4 Å². The summed E-state index contributed by atoms with van der Waals surface area (Å²) < 4.78 is 2.10. The average Bonchev–Trinajstić information content (AvgIpc) is 2.88. The Morgan fingerprint density at radius 3 is 2.89 bits per heavy atom. The molecule has 0 aliphatic rings. The predicted molar refractivity (Wildman–Crippen MR) is 74.2 cm³/mol. The lowest BCUT2D eigenvalue weighted by atomic mass is 9.83. The first-order valence-corrected chi connectivity index (χ1v) is 6.75. The molecule has 3 rings (SSSR count). The van der Waals surface area contributed by atoms with E-state index in [0.717, 1.165) is 5.69 Å². The fourth-order valence-corrected chi connectivity index (χ4v) is 3.30. The normalized spacial score (nSPS) is 12.2. The molecule has 0 saturated carbocycles. The molecule has 18 heavy (non-hydrogen) atoms. The Balaban J connectivity index is 2.19. The molecule has 0 aliphatic heterocycles. The van der Waals surface area contributed by atoms with E-state index in [1.165, 1.54) is 15.3 Å². The van der Waals surface area contributed by atoms with Crippen LogP contribution in [0.5, 0.6) is 0 Å². The van der Waals surface area contributed by atoms with Crippen molar-refractivity contribution >= 4 is 16.2 Å². The molecule has 0 unspecified atom stereocenters. The Bertz CT molecular complexity index is 679. The summed E-state index contributed by atoms with van der Waals surface area (Å²) in [6.45, 7) is 6.52. The second kappa shape index (κ2) is 3.92. The molecule has 0 atom stereocenters. The lowest BCUT2D eigenvalue weighted by Gasteiger charge is -2.22. The maximum Gasteiger partial charge on any atom is 0.123 e. The first-order chi connectivity index (χ1) is 8.59. The number of pyridine rings is 1. The number of imidazole rings is 1. The third-order valence-corrected chi connectivity index (χ3v) is 4.33. The van der Waals surface area contributed by atoms with Crippen molar-refractivity contribution in [2.75, 3.05) is 0 Å². The van der Waals surface area contributed by atoms with Gasteiger partial charge in [-0.1, -0.05) is 6.07 Å². The highest BCUT2D eigenvalue weighted by atomic mass is 32.1. The lowest BCUT2D eigenvalue weighted by molar-refractivity contribution is 0.624. The van der Waals surface area contributed by atoms with Crippen LogP contribution < -0.4 is 0 Å². The molecule has 3 nitrogen and oxygen atoms in total. The minimum atomic E-state index is -0.125. The molecular formula is C14H15N3S. The zero-order valence-electron chi connectivity index (χ0n) is 10.7. The van der Waals surface area contributed by atoms with Crippen LogP contribution in [0.2, 0.25) is 0 Å². The van der Waals surface area contributed by atoms with Gasteiger partial charge in [0.05, 0.1) is 5.69 Å². The van der Waals surface area contributed by atoms with Gasteiger partial charge in [0.2, 0.25) is 0 Å². The van der Waals surface area contributed by atoms with Gasteiger partial charge in [-0.3, -0.25) is 9.38 Å². The van der Waals surface area contributed by atoms with Gasteiger partial charge in [0.25, 0.3) is 0 Å². The summed E-state index contributed by atoms with van der Waals surface area (Å²) in [4.78, 5) is 11.3. The molecule has 3 aromatic heterocycles. The van der Waals surface area contributed by atoms with Gasteiger partial charge in [-0.05, 0) is 32.4 Å². The van der Waals surface area contributed by atoms with Gasteiger partial charge in [-0.15, -0.1) is 11.3 Å². The Labute approximate surface area is 110 Å². The third-order valence-electron chi connectivity index (χ3n) is 3.30. The van der Waals surface area contributed by atoms with Gasteiger partial charge in [0, 0.05) is 28.9 Å². The second-order valence-electron chi connectivity index (χ2n) is 5.01. The first-order valence-electron chi connectivity index (χ1n) is 5.93. The molecule has 0 amide bonds. The number of hydrogen-bond acceptors (Lipinski definition) is 3. The largest absolute Gasteiger partial charge is 0.296 e. The van der Waals surface area contributed by atoms with Crippen LogP contribution in [0.4, 0.5) is 0 Å². The number of thiazole rings is 1. The second-order valence-corrected chi connectivity index (χ2v) is 6.25. The van der Waals surface area contributed by atoms with Crippen molar-refractivity contribution in [2.24, 2.45) is 0 Å². The standard InChI is InChI=1S/C14H15N3S/c1-10-8-17-9-16-12(13(17)18-10)14(2,3)11-5-4-6-15-7-11/h4-9H,1-3H3. The first kappa shape index (κ1) is 11.4. The van der Waals surface area contributed by atoms with Crippen LogP contribution in [0.15, 0.2) is 37.1 Å². The zero-order chi connectivity index (χ0) is 12.8. The zero-order valence-corrected chi connectivity index (χ0v) is 11.5. The fraction of sp³-hybridized carbons (Fsp3) is 0.286. The number of aryl methyl sites for hydroxylation is 1. The van der Waals surface area contributed by atoms with Crippen molar-refractivity contribution in [2.45, 2.75) is 26.2 Å². The Morgan fingerprint density at radius 2 is 2.17 bits per heavy atom. The maximum absolute atomic E-state index is 4.59. The van der Waals surface area contributed by atoms with E-state index in [-0.39, 0.29) is 5.41 Å². The summed E-state index contributed by atoms with van der Waals surface area (Å²) in [6.07, 6.45) is 7.74. The van der Waals surface area contributed by atoms with E-state index in [9.17, 15) is 0 Å². The van der Waals surface area contributed by atoms with Gasteiger partial charge in [-0.25, -0.2) is 4.98 Å². The van der Waals surface area contributed by atoms with Crippen molar-refractivity contribution in [3.05, 3.63) is 53.2 Å². The van der Waals surface area contributed by atoms with E-state index in [0.29, 0.717) is 0 Å². The number of aromatic nitrogens is 3. The fourth-order valence-electron chi connectivity index (χ4n) is 2.22. The van der Waals surface area contributed by atoms with Crippen molar-refractivity contribution in [3.63, 3.8) is 0 Å². The molecule has 3 aromatic rings. The predicted octanol–water partition coefficient (Wildman–Crippen LogP) is 3.43. The molecule has 0 fully saturated rings. The molecule has 92 valence electrons. The van der Waals surface area contributed by atoms with E-state index < -0.39 is 0 Å². The Kier molecular flexibility index (Phi) is 2.48. The minimum Gasteiger partial charge on any atom is -0.296 e. The Morgan fingerprint density at radius 1 is 1.33 bits per heavy atom. The molecule has 0 saturated heterocycles. The summed E-state index contributed by atoms with van der Waals surface area (Å²) in [5.41, 5.74) is 2.19. The molecule has 3 heterocycles. The highest BCUT2D eigenvalue weighted by Crippen LogP contribution is 2.35. The summed E-state index contributed by atoms with van der Waals surface area (Å²) >= 11 is 1.79. The van der Waals surface area contributed by atoms with E-state index >= 15 is 0 Å². The molecule has 0 bridgehead atoms. The summed E-state index contributed by atoms with van der Waals surface area (Å²) in [7, 11) is 0. The van der Waals surface area contributed by atoms with Crippen molar-refractivity contribution in [1.29, 1.82) is 0 Å². The Hall–Kier alpha value is -1.68. The average molecular weight is 257 g/mol. The van der Waals surface area contributed by atoms with E-state index in [1.54, 1.807) is 17.5 Å². The topological polar surface area (TPSA) is 30.2 Å². The van der Waals surface area contributed by atoms with E-state index in [1.807, 2.05) is 18.6 Å². The van der Waals surface area contributed by atoms with Gasteiger partial charge >= 0.3 is 0 Å². The van der Waals surface area contributed by atoms with Crippen LogP contribution in [-0.2, 0) is 5.41 Å². The highest BCUT2D eigenvalue weighted by molar-refractivity contribution is 7.17. The van der Waals surface area contributed by atoms with Gasteiger partial charge in [0.15, 0.2) is 0 Å². The number of hydrogen-bond donors (Lipinski definition) is 0. The summed E-state index contributed by atoms with van der Waals surface area (Å²) in [6, 6.07) is 4.09. The van der Waals surface area contributed by atoms with E-state index in [2.05, 4.69) is 47.4 Å². The van der Waals surface area contributed by atoms with Crippen LogP contribution in [0.3, 0.4) is 0 Å². The summed E-state index contributed by atoms with van der Waals surface area (Å²) in [5, 5.41) is 0. The SMILES string of the molecule is Cc1cn2cnc(C(C)(C)c3cccnc3)c2s1. The van der Waals surface area contributed by atoms with Crippen LogP contribution in [0, 0.1) is 6.92 Å². The molecule has 0 spiro atoms. The van der Waals surface area contributed by atoms with Crippen molar-refractivity contribution < 1.29 is 0 Å². The molecule has 0 aliphatic carbocycles. The lowest BCUT2D eigenvalue weighted by Crippen LogP contribution is -2.19. The monoisotopic (exact) mass is 257 g/mol. The van der Waals surface area contributed by atoms with E-state index in [4.69, 9.17) is 0 Å². The third kappa shape index (κ3) is 1.64. The van der Waals surface area contributed by atoms with Gasteiger partial charge in [0.1, 0.15) is 11.2 Å². The molecular weight excluding hydrogens is 242 g/mol. The number of nitrogens with zero attached hydrogens (tertiary/aromatic N) is 3.